The minimum Gasteiger partial charge on any atom is -0.297 e. The predicted molar refractivity (Wildman–Crippen MR) is 81.4 cm³/mol. The van der Waals surface area contributed by atoms with Crippen molar-refractivity contribution in [1.82, 2.24) is 9.55 Å². The van der Waals surface area contributed by atoms with Gasteiger partial charge in [-0.05, 0) is 18.9 Å². The van der Waals surface area contributed by atoms with E-state index in [1.54, 1.807) is 24.5 Å². The standard InChI is InChI=1S/C15H16BN3O2/c16-12-6-7-13(14(10-12)19(20)21)18-9-8-17-15(18)11-4-2-1-3-5-11/h6-11H,1-5H2. The Morgan fingerprint density at radius 2 is 2.05 bits per heavy atom. The summed E-state index contributed by atoms with van der Waals surface area (Å²) in [5.74, 6) is 1.30. The Kier molecular flexibility index (Phi) is 3.77. The van der Waals surface area contributed by atoms with Crippen LogP contribution < -0.4 is 5.46 Å². The molecule has 0 bridgehead atoms. The fourth-order valence-electron chi connectivity index (χ4n) is 3.07. The number of rotatable bonds is 3. The van der Waals surface area contributed by atoms with Gasteiger partial charge in [-0.25, -0.2) is 4.98 Å². The van der Waals surface area contributed by atoms with Crippen molar-refractivity contribution < 1.29 is 4.92 Å². The van der Waals surface area contributed by atoms with Gasteiger partial charge in [-0.15, -0.1) is 0 Å². The minimum atomic E-state index is -0.393. The molecule has 0 atom stereocenters. The van der Waals surface area contributed by atoms with E-state index in [1.165, 1.54) is 25.3 Å². The van der Waals surface area contributed by atoms with Crippen molar-refractivity contribution in [3.05, 3.63) is 46.5 Å². The lowest BCUT2D eigenvalue weighted by molar-refractivity contribution is -0.384. The van der Waals surface area contributed by atoms with Crippen LogP contribution in [0.15, 0.2) is 30.6 Å². The first-order valence-electron chi connectivity index (χ1n) is 7.24. The van der Waals surface area contributed by atoms with Crippen molar-refractivity contribution in [3.63, 3.8) is 0 Å². The molecule has 0 spiro atoms. The lowest BCUT2D eigenvalue weighted by atomic mass is 9.88. The summed E-state index contributed by atoms with van der Waals surface area (Å²) < 4.78 is 1.84. The molecule has 1 heterocycles. The van der Waals surface area contributed by atoms with Crippen LogP contribution in [0.1, 0.15) is 43.8 Å². The van der Waals surface area contributed by atoms with E-state index in [0.717, 1.165) is 18.7 Å². The fraction of sp³-hybridized carbons (Fsp3) is 0.400. The zero-order valence-corrected chi connectivity index (χ0v) is 11.7. The van der Waals surface area contributed by atoms with Gasteiger partial charge in [0.25, 0.3) is 5.69 Å². The second kappa shape index (κ2) is 5.72. The topological polar surface area (TPSA) is 61.0 Å². The Labute approximate surface area is 124 Å². The van der Waals surface area contributed by atoms with Crippen LogP contribution in [0.3, 0.4) is 0 Å². The molecule has 1 aliphatic rings. The predicted octanol–water partition coefficient (Wildman–Crippen LogP) is 2.62. The first kappa shape index (κ1) is 13.9. The molecule has 0 aliphatic heterocycles. The van der Waals surface area contributed by atoms with Gasteiger partial charge in [-0.1, -0.05) is 30.8 Å². The number of nitro benzene ring substituents is 1. The van der Waals surface area contributed by atoms with Crippen molar-refractivity contribution in [2.45, 2.75) is 38.0 Å². The van der Waals surface area contributed by atoms with Crippen LogP contribution in [-0.4, -0.2) is 22.3 Å². The average molecular weight is 281 g/mol. The number of aromatic nitrogens is 2. The molecule has 0 amide bonds. The maximum atomic E-state index is 11.3. The highest BCUT2D eigenvalue weighted by Gasteiger charge is 2.23. The summed E-state index contributed by atoms with van der Waals surface area (Å²) in [4.78, 5) is 15.3. The molecular weight excluding hydrogens is 265 g/mol. The summed E-state index contributed by atoms with van der Waals surface area (Å²) in [5.41, 5.74) is 0.946. The second-order valence-corrected chi connectivity index (χ2v) is 5.50. The molecule has 2 radical (unpaired) electrons. The lowest BCUT2D eigenvalue weighted by Gasteiger charge is -2.22. The summed E-state index contributed by atoms with van der Waals surface area (Å²) >= 11 is 0. The molecule has 2 aromatic rings. The Bertz CT molecular complexity index is 663. The fourth-order valence-corrected chi connectivity index (χ4v) is 3.07. The molecule has 1 saturated carbocycles. The van der Waals surface area contributed by atoms with Crippen LogP contribution in [0.4, 0.5) is 5.69 Å². The number of hydrogen-bond acceptors (Lipinski definition) is 3. The first-order chi connectivity index (χ1) is 10.2. The van der Waals surface area contributed by atoms with Crippen LogP contribution >= 0.6 is 0 Å². The van der Waals surface area contributed by atoms with Gasteiger partial charge in [0.2, 0.25) is 0 Å². The third-order valence-corrected chi connectivity index (χ3v) is 4.10. The number of hydrogen-bond donors (Lipinski definition) is 0. The van der Waals surface area contributed by atoms with Gasteiger partial charge in [0, 0.05) is 24.4 Å². The summed E-state index contributed by atoms with van der Waals surface area (Å²) in [6.45, 7) is 0. The molecule has 0 N–H and O–H groups in total. The van der Waals surface area contributed by atoms with Crippen LogP contribution in [-0.2, 0) is 0 Å². The van der Waals surface area contributed by atoms with Crippen LogP contribution in [0, 0.1) is 10.1 Å². The van der Waals surface area contributed by atoms with Crippen molar-refractivity contribution in [2.24, 2.45) is 0 Å². The number of nitrogens with zero attached hydrogens (tertiary/aromatic N) is 3. The van der Waals surface area contributed by atoms with Gasteiger partial charge in [0.1, 0.15) is 19.4 Å². The molecule has 1 aromatic carbocycles. The molecule has 6 heteroatoms. The first-order valence-corrected chi connectivity index (χ1v) is 7.24. The van der Waals surface area contributed by atoms with Gasteiger partial charge in [0.05, 0.1) is 4.92 Å². The molecular formula is C15H16BN3O2. The highest BCUT2D eigenvalue weighted by Crippen LogP contribution is 2.34. The van der Waals surface area contributed by atoms with E-state index in [2.05, 4.69) is 4.98 Å². The summed E-state index contributed by atoms with van der Waals surface area (Å²) in [6, 6.07) is 4.79. The van der Waals surface area contributed by atoms with E-state index < -0.39 is 4.92 Å². The molecule has 5 nitrogen and oxygen atoms in total. The molecule has 1 fully saturated rings. The van der Waals surface area contributed by atoms with Crippen molar-refractivity contribution in [3.8, 4) is 5.69 Å². The van der Waals surface area contributed by atoms with Crippen molar-refractivity contribution in [1.29, 1.82) is 0 Å². The van der Waals surface area contributed by atoms with Gasteiger partial charge >= 0.3 is 0 Å². The van der Waals surface area contributed by atoms with Crippen molar-refractivity contribution >= 4 is 19.0 Å². The molecule has 3 rings (SSSR count). The number of imidazole rings is 1. The average Bonchev–Trinajstić information content (AvgIpc) is 2.97. The Balaban J connectivity index is 2.05. The zero-order chi connectivity index (χ0) is 14.8. The van der Waals surface area contributed by atoms with E-state index in [0.29, 0.717) is 17.1 Å². The van der Waals surface area contributed by atoms with Gasteiger partial charge in [-0.3, -0.25) is 14.7 Å². The minimum absolute atomic E-state index is 0.0186. The van der Waals surface area contributed by atoms with E-state index in [4.69, 9.17) is 7.85 Å². The maximum absolute atomic E-state index is 11.3. The summed E-state index contributed by atoms with van der Waals surface area (Å²) in [6.07, 6.45) is 9.36. The van der Waals surface area contributed by atoms with Gasteiger partial charge < -0.3 is 0 Å². The summed E-state index contributed by atoms with van der Waals surface area (Å²) in [5, 5.41) is 11.3. The zero-order valence-electron chi connectivity index (χ0n) is 11.7. The van der Waals surface area contributed by atoms with E-state index in [9.17, 15) is 10.1 Å². The van der Waals surface area contributed by atoms with Crippen molar-refractivity contribution in [2.75, 3.05) is 0 Å². The molecule has 1 aromatic heterocycles. The Hall–Kier alpha value is -2.11. The maximum Gasteiger partial charge on any atom is 0.292 e. The monoisotopic (exact) mass is 281 g/mol. The quantitative estimate of drug-likeness (QED) is 0.493. The smallest absolute Gasteiger partial charge is 0.292 e. The molecule has 1 aliphatic carbocycles. The lowest BCUT2D eigenvalue weighted by Crippen LogP contribution is -2.13. The number of nitro groups is 1. The number of benzene rings is 1. The summed E-state index contributed by atoms with van der Waals surface area (Å²) in [7, 11) is 5.67. The molecule has 106 valence electrons. The third kappa shape index (κ3) is 2.70. The van der Waals surface area contributed by atoms with E-state index in [1.807, 2.05) is 4.57 Å². The Morgan fingerprint density at radius 1 is 1.29 bits per heavy atom. The third-order valence-electron chi connectivity index (χ3n) is 4.10. The van der Waals surface area contributed by atoms with Crippen LogP contribution in [0.25, 0.3) is 5.69 Å². The molecule has 21 heavy (non-hydrogen) atoms. The van der Waals surface area contributed by atoms with Gasteiger partial charge in [-0.2, -0.15) is 0 Å². The van der Waals surface area contributed by atoms with Crippen LogP contribution in [0.2, 0.25) is 0 Å². The molecule has 0 saturated heterocycles. The van der Waals surface area contributed by atoms with Gasteiger partial charge in [0.15, 0.2) is 0 Å². The largest absolute Gasteiger partial charge is 0.297 e. The van der Waals surface area contributed by atoms with Crippen LogP contribution in [0.5, 0.6) is 0 Å². The normalized spacial score (nSPS) is 16.0. The highest BCUT2D eigenvalue weighted by molar-refractivity contribution is 6.32. The van der Waals surface area contributed by atoms with E-state index in [-0.39, 0.29) is 5.69 Å². The highest BCUT2D eigenvalue weighted by atomic mass is 16.6. The molecule has 0 unspecified atom stereocenters. The Morgan fingerprint density at radius 3 is 2.76 bits per heavy atom. The second-order valence-electron chi connectivity index (χ2n) is 5.50. The van der Waals surface area contributed by atoms with E-state index >= 15 is 0 Å². The SMILES string of the molecule is [B]c1ccc(-n2ccnc2C2CCCCC2)c([N+](=O)[O-])c1.